The molecule has 2 saturated heterocycles. The summed E-state index contributed by atoms with van der Waals surface area (Å²) in [7, 11) is 1.47. The standard InChI is InChI=1S/C14H21N5O4/c1-10-15-5-6-17(10)7-8-23-16-13(20)12-4-3-11-9-18(12)14(21)19(11)22-2/h5-6,11-12H,3-4,7-9H2,1-2H3,(H,16,20)/t11-,12+/m1/s1. The molecular formula is C14H21N5O4. The van der Waals surface area contributed by atoms with E-state index in [1.807, 2.05) is 17.7 Å². The molecule has 3 amide bonds. The Morgan fingerprint density at radius 2 is 2.30 bits per heavy atom. The van der Waals surface area contributed by atoms with Crippen molar-refractivity contribution < 1.29 is 19.3 Å². The molecule has 0 aliphatic carbocycles. The molecule has 0 radical (unpaired) electrons. The number of hydrogen-bond acceptors (Lipinski definition) is 5. The van der Waals surface area contributed by atoms with Gasteiger partial charge >= 0.3 is 6.03 Å². The van der Waals surface area contributed by atoms with Gasteiger partial charge in [0.25, 0.3) is 5.91 Å². The van der Waals surface area contributed by atoms with Crippen LogP contribution in [-0.2, 0) is 21.0 Å². The summed E-state index contributed by atoms with van der Waals surface area (Å²) >= 11 is 0. The summed E-state index contributed by atoms with van der Waals surface area (Å²) in [5.74, 6) is 0.595. The third-order valence-electron chi connectivity index (χ3n) is 4.35. The predicted molar refractivity (Wildman–Crippen MR) is 78.8 cm³/mol. The summed E-state index contributed by atoms with van der Waals surface area (Å²) in [5, 5.41) is 1.34. The van der Waals surface area contributed by atoms with Gasteiger partial charge in [-0.2, -0.15) is 5.06 Å². The van der Waals surface area contributed by atoms with E-state index in [9.17, 15) is 9.59 Å². The van der Waals surface area contributed by atoms with Crippen LogP contribution in [0.2, 0.25) is 0 Å². The Morgan fingerprint density at radius 3 is 3.00 bits per heavy atom. The Balaban J connectivity index is 1.47. The van der Waals surface area contributed by atoms with Crippen LogP contribution >= 0.6 is 0 Å². The van der Waals surface area contributed by atoms with Crippen LogP contribution in [0, 0.1) is 6.92 Å². The average Bonchev–Trinajstić information content (AvgIpc) is 3.06. The van der Waals surface area contributed by atoms with E-state index in [-0.39, 0.29) is 18.0 Å². The van der Waals surface area contributed by atoms with Gasteiger partial charge in [0, 0.05) is 25.5 Å². The van der Waals surface area contributed by atoms with Crippen molar-refractivity contribution in [1.82, 2.24) is 25.0 Å². The maximum absolute atomic E-state index is 12.2. The Morgan fingerprint density at radius 1 is 1.48 bits per heavy atom. The van der Waals surface area contributed by atoms with Crippen molar-refractivity contribution in [1.29, 1.82) is 0 Å². The van der Waals surface area contributed by atoms with Crippen LogP contribution in [-0.4, -0.2) is 63.8 Å². The minimum atomic E-state index is -0.506. The van der Waals surface area contributed by atoms with Gasteiger partial charge in [0.2, 0.25) is 0 Å². The van der Waals surface area contributed by atoms with Gasteiger partial charge in [0.1, 0.15) is 11.9 Å². The van der Waals surface area contributed by atoms with E-state index in [1.54, 1.807) is 6.20 Å². The number of hydrogen-bond donors (Lipinski definition) is 1. The fraction of sp³-hybridized carbons (Fsp3) is 0.643. The molecule has 2 fully saturated rings. The molecule has 3 rings (SSSR count). The fourth-order valence-corrected chi connectivity index (χ4v) is 3.11. The summed E-state index contributed by atoms with van der Waals surface area (Å²) in [6, 6.07) is -0.736. The number of amides is 3. The smallest absolute Gasteiger partial charge is 0.333 e. The second-order valence-corrected chi connectivity index (χ2v) is 5.67. The molecule has 0 spiro atoms. The Labute approximate surface area is 134 Å². The van der Waals surface area contributed by atoms with E-state index in [4.69, 9.17) is 9.68 Å². The first-order valence-electron chi connectivity index (χ1n) is 7.65. The normalized spacial score (nSPS) is 23.5. The summed E-state index contributed by atoms with van der Waals surface area (Å²) in [6.07, 6.45) is 4.91. The number of carbonyl (C=O) groups is 2. The van der Waals surface area contributed by atoms with E-state index in [0.29, 0.717) is 26.1 Å². The van der Waals surface area contributed by atoms with E-state index < -0.39 is 6.04 Å². The van der Waals surface area contributed by atoms with E-state index >= 15 is 0 Å². The lowest BCUT2D eigenvalue weighted by Gasteiger charge is -2.28. The minimum Gasteiger partial charge on any atom is -0.333 e. The van der Waals surface area contributed by atoms with Crippen molar-refractivity contribution >= 4 is 11.9 Å². The van der Waals surface area contributed by atoms with Crippen molar-refractivity contribution in [2.45, 2.75) is 38.4 Å². The van der Waals surface area contributed by atoms with Crippen LogP contribution in [0.5, 0.6) is 0 Å². The SMILES string of the molecule is CON1C(=O)N2C[C@H]1CC[C@H]2C(=O)NOCCn1ccnc1C. The molecule has 2 bridgehead atoms. The molecule has 1 aromatic rings. The van der Waals surface area contributed by atoms with E-state index in [0.717, 1.165) is 12.2 Å². The topological polar surface area (TPSA) is 88.9 Å². The average molecular weight is 323 g/mol. The van der Waals surface area contributed by atoms with Crippen LogP contribution < -0.4 is 5.48 Å². The van der Waals surface area contributed by atoms with Crippen molar-refractivity contribution in [2.24, 2.45) is 0 Å². The van der Waals surface area contributed by atoms with Crippen LogP contribution in [0.3, 0.4) is 0 Å². The Hall–Kier alpha value is -2.13. The number of nitrogens with zero attached hydrogens (tertiary/aromatic N) is 4. The number of fused-ring (bicyclic) bond motifs is 2. The maximum atomic E-state index is 12.2. The molecule has 0 aromatic carbocycles. The van der Waals surface area contributed by atoms with Gasteiger partial charge in [-0.1, -0.05) is 0 Å². The first kappa shape index (κ1) is 15.8. The van der Waals surface area contributed by atoms with Gasteiger partial charge in [-0.05, 0) is 19.8 Å². The number of aromatic nitrogens is 2. The molecule has 9 nitrogen and oxygen atoms in total. The van der Waals surface area contributed by atoms with Crippen molar-refractivity contribution in [3.63, 3.8) is 0 Å². The number of carbonyl (C=O) groups excluding carboxylic acids is 2. The van der Waals surface area contributed by atoms with Crippen molar-refractivity contribution in [3.05, 3.63) is 18.2 Å². The number of rotatable bonds is 6. The third kappa shape index (κ3) is 3.02. The maximum Gasteiger partial charge on any atom is 0.345 e. The monoisotopic (exact) mass is 323 g/mol. The number of nitrogens with one attached hydrogen (secondary N) is 1. The highest BCUT2D eigenvalue weighted by molar-refractivity contribution is 5.87. The summed E-state index contributed by atoms with van der Waals surface area (Å²) in [5.41, 5.74) is 2.44. The van der Waals surface area contributed by atoms with Crippen LogP contribution in [0.25, 0.3) is 0 Å². The minimum absolute atomic E-state index is 0.0293. The zero-order chi connectivity index (χ0) is 16.4. The quantitative estimate of drug-likeness (QED) is 0.591. The molecule has 1 aromatic heterocycles. The van der Waals surface area contributed by atoms with Crippen molar-refractivity contribution in [2.75, 3.05) is 20.3 Å². The van der Waals surface area contributed by atoms with Gasteiger partial charge in [0.05, 0.1) is 19.8 Å². The van der Waals surface area contributed by atoms with E-state index in [2.05, 4.69) is 10.5 Å². The Kier molecular flexibility index (Phi) is 4.49. The van der Waals surface area contributed by atoms with E-state index in [1.165, 1.54) is 17.1 Å². The lowest BCUT2D eigenvalue weighted by molar-refractivity contribution is -0.139. The first-order chi connectivity index (χ1) is 11.1. The zero-order valence-electron chi connectivity index (χ0n) is 13.3. The molecule has 2 aliphatic heterocycles. The number of urea groups is 1. The number of imidazole rings is 1. The molecule has 3 heterocycles. The highest BCUT2D eigenvalue weighted by Crippen LogP contribution is 2.29. The largest absolute Gasteiger partial charge is 0.345 e. The molecule has 2 atom stereocenters. The molecule has 23 heavy (non-hydrogen) atoms. The molecule has 1 N–H and O–H groups in total. The number of piperidine rings is 1. The van der Waals surface area contributed by atoms with Crippen molar-refractivity contribution in [3.8, 4) is 0 Å². The summed E-state index contributed by atoms with van der Waals surface area (Å²) in [6.45, 7) is 3.34. The molecule has 2 aliphatic rings. The van der Waals surface area contributed by atoms with Gasteiger partial charge in [-0.15, -0.1) is 0 Å². The number of hydroxylamine groups is 3. The molecule has 0 unspecified atom stereocenters. The van der Waals surface area contributed by atoms with Gasteiger partial charge in [-0.3, -0.25) is 14.5 Å². The van der Waals surface area contributed by atoms with Crippen LogP contribution in [0.4, 0.5) is 4.79 Å². The zero-order valence-corrected chi connectivity index (χ0v) is 13.3. The van der Waals surface area contributed by atoms with Crippen LogP contribution in [0.15, 0.2) is 12.4 Å². The number of aryl methyl sites for hydroxylation is 1. The lowest BCUT2D eigenvalue weighted by Crippen LogP contribution is -2.49. The summed E-state index contributed by atoms with van der Waals surface area (Å²) < 4.78 is 1.93. The first-order valence-corrected chi connectivity index (χ1v) is 7.65. The molecule has 9 heteroatoms. The summed E-state index contributed by atoms with van der Waals surface area (Å²) in [4.78, 5) is 40.4. The lowest BCUT2D eigenvalue weighted by atomic mass is 10.0. The highest BCUT2D eigenvalue weighted by Gasteiger charge is 2.47. The Bertz CT molecular complexity index is 589. The fourth-order valence-electron chi connectivity index (χ4n) is 3.11. The molecular weight excluding hydrogens is 302 g/mol. The highest BCUT2D eigenvalue weighted by atomic mass is 16.7. The molecule has 126 valence electrons. The second-order valence-electron chi connectivity index (χ2n) is 5.67. The third-order valence-corrected chi connectivity index (χ3v) is 4.35. The molecule has 0 saturated carbocycles. The van der Waals surface area contributed by atoms with Crippen LogP contribution in [0.1, 0.15) is 18.7 Å². The second kappa shape index (κ2) is 6.55. The van der Waals surface area contributed by atoms with Gasteiger partial charge in [0.15, 0.2) is 0 Å². The van der Waals surface area contributed by atoms with Gasteiger partial charge in [-0.25, -0.2) is 15.3 Å². The predicted octanol–water partition coefficient (Wildman–Crippen LogP) is 0.0693. The van der Waals surface area contributed by atoms with Gasteiger partial charge < -0.3 is 9.47 Å².